The van der Waals surface area contributed by atoms with Gasteiger partial charge in [0, 0.05) is 29.5 Å². The lowest BCUT2D eigenvalue weighted by molar-refractivity contribution is 0.466. The summed E-state index contributed by atoms with van der Waals surface area (Å²) in [5.41, 5.74) is 6.52. The third-order valence-electron chi connectivity index (χ3n) is 2.90. The van der Waals surface area contributed by atoms with E-state index in [1.54, 1.807) is 18.5 Å². The van der Waals surface area contributed by atoms with Crippen LogP contribution in [0.15, 0.2) is 45.1 Å². The molecule has 0 saturated heterocycles. The first kappa shape index (κ1) is 15.7. The highest BCUT2D eigenvalue weighted by Crippen LogP contribution is 2.25. The second-order valence-corrected chi connectivity index (χ2v) is 8.23. The molecule has 1 heterocycles. The first-order valence-electron chi connectivity index (χ1n) is 5.92. The zero-order chi connectivity index (χ0) is 14.8. The maximum absolute atomic E-state index is 12.5. The monoisotopic (exact) mass is 374 g/mol. The summed E-state index contributed by atoms with van der Waals surface area (Å²) in [5, 5.41) is 1.75. The van der Waals surface area contributed by atoms with Crippen LogP contribution >= 0.6 is 27.3 Å². The minimum Gasteiger partial charge on any atom is -0.326 e. The van der Waals surface area contributed by atoms with Gasteiger partial charge < -0.3 is 5.73 Å². The summed E-state index contributed by atoms with van der Waals surface area (Å²) in [6.45, 7) is 0.563. The molecule has 0 amide bonds. The van der Waals surface area contributed by atoms with Crippen LogP contribution < -0.4 is 5.73 Å². The van der Waals surface area contributed by atoms with E-state index in [-0.39, 0.29) is 6.54 Å². The maximum Gasteiger partial charge on any atom is 0.244 e. The van der Waals surface area contributed by atoms with Crippen molar-refractivity contribution in [1.82, 2.24) is 4.31 Å². The summed E-state index contributed by atoms with van der Waals surface area (Å²) in [7, 11) is -1.92. The van der Waals surface area contributed by atoms with Crippen LogP contribution in [0.4, 0.5) is 0 Å². The number of nitrogens with zero attached hydrogens (tertiary/aromatic N) is 1. The first-order valence-corrected chi connectivity index (χ1v) is 9.03. The molecule has 20 heavy (non-hydrogen) atoms. The van der Waals surface area contributed by atoms with Gasteiger partial charge in [0.25, 0.3) is 0 Å². The van der Waals surface area contributed by atoms with Crippen LogP contribution in [0.5, 0.6) is 0 Å². The van der Waals surface area contributed by atoms with Crippen molar-refractivity contribution < 1.29 is 8.42 Å². The van der Waals surface area contributed by atoms with Gasteiger partial charge in [-0.3, -0.25) is 0 Å². The number of halogens is 1. The lowest BCUT2D eigenvalue weighted by Gasteiger charge is -2.17. The Hall–Kier alpha value is -0.730. The van der Waals surface area contributed by atoms with E-state index in [2.05, 4.69) is 15.9 Å². The molecule has 0 aliphatic rings. The third-order valence-corrected chi connectivity index (χ3v) is 6.39. The number of nitrogens with two attached hydrogens (primary N) is 1. The van der Waals surface area contributed by atoms with E-state index >= 15 is 0 Å². The number of hydrogen-bond donors (Lipinski definition) is 1. The Morgan fingerprint density at radius 2 is 1.90 bits per heavy atom. The van der Waals surface area contributed by atoms with Crippen LogP contribution in [-0.2, 0) is 23.1 Å². The molecule has 0 aliphatic carbocycles. The van der Waals surface area contributed by atoms with Crippen LogP contribution in [0.1, 0.15) is 10.4 Å². The molecule has 0 atom stereocenters. The summed E-state index contributed by atoms with van der Waals surface area (Å²) in [6.07, 6.45) is 0. The second-order valence-electron chi connectivity index (χ2n) is 4.30. The van der Waals surface area contributed by atoms with Crippen LogP contribution in [0.2, 0.25) is 0 Å². The Morgan fingerprint density at radius 3 is 2.50 bits per heavy atom. The van der Waals surface area contributed by atoms with E-state index in [0.29, 0.717) is 16.3 Å². The van der Waals surface area contributed by atoms with Gasteiger partial charge in [-0.1, -0.05) is 28.1 Å². The van der Waals surface area contributed by atoms with Crippen molar-refractivity contribution >= 4 is 37.3 Å². The molecule has 2 rings (SSSR count). The number of rotatable bonds is 5. The molecular formula is C13H15BrN2O2S2. The fraction of sp³-hybridized carbons (Fsp3) is 0.231. The average Bonchev–Trinajstić information content (AvgIpc) is 2.90. The van der Waals surface area contributed by atoms with E-state index in [4.69, 9.17) is 5.73 Å². The molecule has 2 aromatic rings. The van der Waals surface area contributed by atoms with Gasteiger partial charge >= 0.3 is 0 Å². The Balaban J connectivity index is 2.23. The zero-order valence-electron chi connectivity index (χ0n) is 10.9. The van der Waals surface area contributed by atoms with Gasteiger partial charge in [0.15, 0.2) is 0 Å². The van der Waals surface area contributed by atoms with Crippen LogP contribution in [-0.4, -0.2) is 19.8 Å². The molecule has 0 radical (unpaired) electrons. The summed E-state index contributed by atoms with van der Waals surface area (Å²) in [6, 6.07) is 9.19. The molecule has 0 saturated carbocycles. The molecular weight excluding hydrogens is 360 g/mol. The van der Waals surface area contributed by atoms with Gasteiger partial charge in [-0.15, -0.1) is 11.3 Å². The Kier molecular flexibility index (Phi) is 4.98. The van der Waals surface area contributed by atoms with Crippen LogP contribution in [0.3, 0.4) is 0 Å². The number of benzene rings is 1. The average molecular weight is 375 g/mol. The smallest absolute Gasteiger partial charge is 0.244 e. The first-order chi connectivity index (χ1) is 9.45. The van der Waals surface area contributed by atoms with Gasteiger partial charge in [0.05, 0.1) is 4.90 Å². The fourth-order valence-electron chi connectivity index (χ4n) is 1.81. The number of thiophene rings is 1. The Labute approximate surface area is 131 Å². The third kappa shape index (κ3) is 3.29. The van der Waals surface area contributed by atoms with Gasteiger partial charge in [-0.05, 0) is 29.1 Å². The lowest BCUT2D eigenvalue weighted by atomic mass is 10.2. The van der Waals surface area contributed by atoms with Gasteiger partial charge in [-0.2, -0.15) is 4.31 Å². The standard InChI is InChI=1S/C13H15BrN2O2S2/c1-16(9-10-2-4-11(14)5-3-10)20(17,18)13-6-7-19-12(13)8-15/h2-7H,8-9,15H2,1H3. The normalized spacial score (nSPS) is 12.0. The predicted octanol–water partition coefficient (Wildman–Crippen LogP) is 2.79. The fourth-order valence-corrected chi connectivity index (χ4v) is 4.53. The van der Waals surface area contributed by atoms with Crippen molar-refractivity contribution in [1.29, 1.82) is 0 Å². The Morgan fingerprint density at radius 1 is 1.25 bits per heavy atom. The number of sulfonamides is 1. The summed E-state index contributed by atoms with van der Waals surface area (Å²) in [5.74, 6) is 0. The minimum atomic E-state index is -3.49. The highest BCUT2D eigenvalue weighted by molar-refractivity contribution is 9.10. The van der Waals surface area contributed by atoms with E-state index in [0.717, 1.165) is 10.0 Å². The molecule has 2 N–H and O–H groups in total. The van der Waals surface area contributed by atoms with E-state index in [9.17, 15) is 8.42 Å². The summed E-state index contributed by atoms with van der Waals surface area (Å²) < 4.78 is 27.3. The molecule has 1 aromatic heterocycles. The highest BCUT2D eigenvalue weighted by Gasteiger charge is 2.24. The van der Waals surface area contributed by atoms with Crippen molar-refractivity contribution in [3.8, 4) is 0 Å². The van der Waals surface area contributed by atoms with Gasteiger partial charge in [0.2, 0.25) is 10.0 Å². The molecule has 4 nitrogen and oxygen atoms in total. The number of hydrogen-bond acceptors (Lipinski definition) is 4. The Bertz CT molecular complexity index is 681. The molecule has 7 heteroatoms. The molecule has 0 aliphatic heterocycles. The molecule has 1 aromatic carbocycles. The van der Waals surface area contributed by atoms with Crippen molar-refractivity contribution in [2.45, 2.75) is 18.0 Å². The van der Waals surface area contributed by atoms with Crippen molar-refractivity contribution in [2.75, 3.05) is 7.05 Å². The van der Waals surface area contributed by atoms with Crippen molar-refractivity contribution in [2.24, 2.45) is 5.73 Å². The quantitative estimate of drug-likeness (QED) is 0.874. The van der Waals surface area contributed by atoms with Gasteiger partial charge in [-0.25, -0.2) is 8.42 Å². The second kappa shape index (κ2) is 6.36. The summed E-state index contributed by atoms with van der Waals surface area (Å²) in [4.78, 5) is 0.997. The van der Waals surface area contributed by atoms with E-state index in [1.807, 2.05) is 24.3 Å². The van der Waals surface area contributed by atoms with Gasteiger partial charge in [0.1, 0.15) is 0 Å². The molecule has 0 fully saturated rings. The molecule has 0 spiro atoms. The van der Waals surface area contributed by atoms with Crippen LogP contribution in [0, 0.1) is 0 Å². The molecule has 108 valence electrons. The largest absolute Gasteiger partial charge is 0.326 e. The molecule has 0 unspecified atom stereocenters. The zero-order valence-corrected chi connectivity index (χ0v) is 14.1. The lowest BCUT2D eigenvalue weighted by Crippen LogP contribution is -2.27. The van der Waals surface area contributed by atoms with Crippen molar-refractivity contribution in [3.63, 3.8) is 0 Å². The van der Waals surface area contributed by atoms with E-state index < -0.39 is 10.0 Å². The maximum atomic E-state index is 12.5. The summed E-state index contributed by atoms with van der Waals surface area (Å²) >= 11 is 4.72. The topological polar surface area (TPSA) is 63.4 Å². The van der Waals surface area contributed by atoms with Crippen LogP contribution in [0.25, 0.3) is 0 Å². The van der Waals surface area contributed by atoms with Crippen molar-refractivity contribution in [3.05, 3.63) is 50.6 Å². The molecule has 0 bridgehead atoms. The SMILES string of the molecule is CN(Cc1ccc(Br)cc1)S(=O)(=O)c1ccsc1CN. The highest BCUT2D eigenvalue weighted by atomic mass is 79.9. The predicted molar refractivity (Wildman–Crippen MR) is 85.0 cm³/mol. The minimum absolute atomic E-state index is 0.234. The van der Waals surface area contributed by atoms with E-state index in [1.165, 1.54) is 15.6 Å².